The molecule has 0 aliphatic carbocycles. The van der Waals surface area contributed by atoms with Crippen molar-refractivity contribution in [3.63, 3.8) is 0 Å². The van der Waals surface area contributed by atoms with Crippen molar-refractivity contribution in [2.75, 3.05) is 4.90 Å². The second-order valence-corrected chi connectivity index (χ2v) is 13.8. The largest absolute Gasteiger partial charge is 0.456 e. The first-order valence-corrected chi connectivity index (χ1v) is 18.1. The van der Waals surface area contributed by atoms with Gasteiger partial charge in [0.15, 0.2) is 0 Å². The van der Waals surface area contributed by atoms with Crippen LogP contribution in [0.15, 0.2) is 199 Å². The second kappa shape index (κ2) is 11.7. The molecule has 2 aromatic heterocycles. The molecule has 53 heavy (non-hydrogen) atoms. The van der Waals surface area contributed by atoms with Gasteiger partial charge in [0.25, 0.3) is 0 Å². The Morgan fingerprint density at radius 2 is 1.04 bits per heavy atom. The van der Waals surface area contributed by atoms with Crippen LogP contribution in [0.4, 0.5) is 17.1 Å². The first kappa shape index (κ1) is 29.6. The van der Waals surface area contributed by atoms with E-state index in [1.54, 1.807) is 0 Å². The average molecular weight is 677 g/mol. The van der Waals surface area contributed by atoms with E-state index < -0.39 is 0 Å². The van der Waals surface area contributed by atoms with Crippen LogP contribution >= 0.6 is 0 Å². The number of hydrogen-bond acceptors (Lipinski definition) is 2. The molecule has 0 radical (unpaired) electrons. The second-order valence-electron chi connectivity index (χ2n) is 13.8. The minimum Gasteiger partial charge on any atom is -0.456 e. The first-order chi connectivity index (χ1) is 26.3. The van der Waals surface area contributed by atoms with E-state index in [9.17, 15) is 0 Å². The van der Waals surface area contributed by atoms with Crippen LogP contribution in [0.25, 0.3) is 82.1 Å². The van der Waals surface area contributed by atoms with Crippen LogP contribution in [0.5, 0.6) is 0 Å². The Labute approximate surface area is 306 Å². The van der Waals surface area contributed by atoms with Crippen LogP contribution in [0.1, 0.15) is 0 Å². The van der Waals surface area contributed by atoms with Gasteiger partial charge in [0.2, 0.25) is 0 Å². The van der Waals surface area contributed by atoms with Gasteiger partial charge in [-0.1, -0.05) is 121 Å². The molecular formula is C50H32N2O. The summed E-state index contributed by atoms with van der Waals surface area (Å²) >= 11 is 0. The molecule has 2 heterocycles. The molecule has 9 aromatic carbocycles. The number of anilines is 3. The Hall–Kier alpha value is -7.10. The van der Waals surface area contributed by atoms with Crippen molar-refractivity contribution in [2.24, 2.45) is 0 Å². The fraction of sp³-hybridized carbons (Fsp3) is 0. The van der Waals surface area contributed by atoms with E-state index in [1.165, 1.54) is 49.1 Å². The maximum atomic E-state index is 6.53. The lowest BCUT2D eigenvalue weighted by molar-refractivity contribution is 0.669. The maximum absolute atomic E-state index is 6.53. The molecule has 0 saturated heterocycles. The lowest BCUT2D eigenvalue weighted by Gasteiger charge is -2.28. The van der Waals surface area contributed by atoms with Gasteiger partial charge in [0.05, 0.1) is 16.7 Å². The van der Waals surface area contributed by atoms with Crippen LogP contribution in [-0.2, 0) is 0 Å². The molecule has 0 atom stereocenters. The van der Waals surface area contributed by atoms with Crippen molar-refractivity contribution < 1.29 is 4.42 Å². The summed E-state index contributed by atoms with van der Waals surface area (Å²) in [5.74, 6) is 0. The van der Waals surface area contributed by atoms with E-state index in [0.29, 0.717) is 0 Å². The minimum absolute atomic E-state index is 0.884. The van der Waals surface area contributed by atoms with Gasteiger partial charge < -0.3 is 13.9 Å². The normalized spacial score (nSPS) is 11.8. The van der Waals surface area contributed by atoms with Crippen molar-refractivity contribution in [1.29, 1.82) is 0 Å². The number of fused-ring (bicyclic) bond motifs is 9. The smallest absolute Gasteiger partial charge is 0.136 e. The lowest BCUT2D eigenvalue weighted by atomic mass is 9.96. The summed E-state index contributed by atoms with van der Waals surface area (Å²) in [6.45, 7) is 0. The number of hydrogen-bond donors (Lipinski definition) is 0. The van der Waals surface area contributed by atoms with Crippen molar-refractivity contribution in [3.8, 4) is 16.8 Å². The molecule has 0 amide bonds. The predicted molar refractivity (Wildman–Crippen MR) is 223 cm³/mol. The van der Waals surface area contributed by atoms with Crippen molar-refractivity contribution in [3.05, 3.63) is 194 Å². The zero-order valence-electron chi connectivity index (χ0n) is 28.8. The Morgan fingerprint density at radius 3 is 1.91 bits per heavy atom. The van der Waals surface area contributed by atoms with E-state index in [4.69, 9.17) is 4.42 Å². The third kappa shape index (κ3) is 4.68. The van der Waals surface area contributed by atoms with Crippen LogP contribution in [0, 0.1) is 0 Å². The first-order valence-electron chi connectivity index (χ1n) is 18.1. The molecule has 0 bridgehead atoms. The van der Waals surface area contributed by atoms with Gasteiger partial charge in [0, 0.05) is 44.0 Å². The van der Waals surface area contributed by atoms with E-state index in [0.717, 1.165) is 50.1 Å². The van der Waals surface area contributed by atoms with Gasteiger partial charge in [-0.25, -0.2) is 0 Å². The van der Waals surface area contributed by atoms with Gasteiger partial charge >= 0.3 is 0 Å². The highest BCUT2D eigenvalue weighted by atomic mass is 16.3. The summed E-state index contributed by atoms with van der Waals surface area (Å²) in [6, 6.07) is 69.8. The number of nitrogens with zero attached hydrogens (tertiary/aromatic N) is 2. The fourth-order valence-corrected chi connectivity index (χ4v) is 8.32. The Bertz CT molecular complexity index is 3170. The number of rotatable bonds is 5. The molecule has 0 saturated carbocycles. The Morgan fingerprint density at radius 1 is 0.358 bits per heavy atom. The van der Waals surface area contributed by atoms with E-state index >= 15 is 0 Å². The van der Waals surface area contributed by atoms with Gasteiger partial charge in [-0.15, -0.1) is 0 Å². The molecule has 0 N–H and O–H groups in total. The quantitative estimate of drug-likeness (QED) is 0.169. The minimum atomic E-state index is 0.884. The van der Waals surface area contributed by atoms with Gasteiger partial charge in [-0.3, -0.25) is 0 Å². The van der Waals surface area contributed by atoms with Crippen molar-refractivity contribution >= 4 is 82.4 Å². The van der Waals surface area contributed by atoms with Crippen LogP contribution < -0.4 is 4.90 Å². The molecule has 11 aromatic rings. The third-order valence-electron chi connectivity index (χ3n) is 10.7. The highest BCUT2D eigenvalue weighted by molar-refractivity contribution is 6.21. The molecule has 3 nitrogen and oxygen atoms in total. The van der Waals surface area contributed by atoms with E-state index in [1.807, 2.05) is 6.07 Å². The Balaban J connectivity index is 1.23. The summed E-state index contributed by atoms with van der Waals surface area (Å²) in [4.78, 5) is 2.43. The molecule has 0 aliphatic rings. The Kier molecular flexibility index (Phi) is 6.55. The molecule has 0 spiro atoms. The van der Waals surface area contributed by atoms with E-state index in [-0.39, 0.29) is 0 Å². The van der Waals surface area contributed by atoms with Crippen LogP contribution in [-0.4, -0.2) is 4.57 Å². The molecular weight excluding hydrogens is 645 g/mol. The number of para-hydroxylation sites is 3. The van der Waals surface area contributed by atoms with Crippen LogP contribution in [0.2, 0.25) is 0 Å². The lowest BCUT2D eigenvalue weighted by Crippen LogP contribution is -2.11. The molecule has 11 rings (SSSR count). The fourth-order valence-electron chi connectivity index (χ4n) is 8.32. The summed E-state index contributed by atoms with van der Waals surface area (Å²) in [6.07, 6.45) is 0. The zero-order valence-corrected chi connectivity index (χ0v) is 28.8. The third-order valence-corrected chi connectivity index (χ3v) is 10.7. The number of furan rings is 1. The molecule has 0 fully saturated rings. The monoisotopic (exact) mass is 676 g/mol. The topological polar surface area (TPSA) is 21.3 Å². The maximum Gasteiger partial charge on any atom is 0.136 e. The molecule has 3 heteroatoms. The van der Waals surface area contributed by atoms with Gasteiger partial charge in [0.1, 0.15) is 11.2 Å². The summed E-state index contributed by atoms with van der Waals surface area (Å²) in [5, 5.41) is 9.42. The number of benzene rings is 9. The molecule has 248 valence electrons. The summed E-state index contributed by atoms with van der Waals surface area (Å²) < 4.78 is 8.90. The average Bonchev–Trinajstić information content (AvgIpc) is 3.76. The highest BCUT2D eigenvalue weighted by Crippen LogP contribution is 2.46. The van der Waals surface area contributed by atoms with Crippen molar-refractivity contribution in [2.45, 2.75) is 0 Å². The molecule has 0 unspecified atom stereocenters. The van der Waals surface area contributed by atoms with E-state index in [2.05, 4.69) is 198 Å². The SMILES string of the molecule is c1ccc(-c2cccc(N(c3ccc4c(c3)c3ccccc3n4-c3ccccc3)c3cc4ccccc4c4cc5c(cc34)oc3ccccc35)c2)cc1. The van der Waals surface area contributed by atoms with Crippen molar-refractivity contribution in [1.82, 2.24) is 4.57 Å². The molecule has 0 aliphatic heterocycles. The van der Waals surface area contributed by atoms with Gasteiger partial charge in [-0.05, 0) is 100 Å². The highest BCUT2D eigenvalue weighted by Gasteiger charge is 2.22. The number of aromatic nitrogens is 1. The standard InChI is InChI=1S/C50H32N2O/c1-3-14-33(15-4-1)34-17-13-20-37(28-34)51(38-26-27-47-43(30-38)40-22-9-11-24-46(40)52(47)36-18-5-2-6-19-36)48-29-35-16-7-8-21-39(35)42-31-45-41-23-10-12-25-49(41)53-50(45)32-44(42)48/h1-32H. The van der Waals surface area contributed by atoms with Crippen LogP contribution in [0.3, 0.4) is 0 Å². The zero-order chi connectivity index (χ0) is 34.9. The predicted octanol–water partition coefficient (Wildman–Crippen LogP) is 14.1. The van der Waals surface area contributed by atoms with Gasteiger partial charge in [-0.2, -0.15) is 0 Å². The summed E-state index contributed by atoms with van der Waals surface area (Å²) in [7, 11) is 0. The summed E-state index contributed by atoms with van der Waals surface area (Å²) in [5.41, 5.74) is 10.9.